The minimum Gasteiger partial charge on any atom is -0.463 e. The van der Waals surface area contributed by atoms with Crippen molar-refractivity contribution in [1.82, 2.24) is 0 Å². The van der Waals surface area contributed by atoms with Gasteiger partial charge in [-0.25, -0.2) is 0 Å². The van der Waals surface area contributed by atoms with Crippen molar-refractivity contribution in [3.8, 4) is 0 Å². The summed E-state index contributed by atoms with van der Waals surface area (Å²) in [6.07, 6.45) is 13.3. The molecule has 4 rings (SSSR count). The minimum atomic E-state index is -0.172. The number of carbonyl (C=O) groups is 1. The van der Waals surface area contributed by atoms with Gasteiger partial charge in [0.25, 0.3) is 0 Å². The van der Waals surface area contributed by atoms with E-state index in [-0.39, 0.29) is 18.2 Å². The fraction of sp³-hybridized carbons (Fsp3) is 0.966. The average Bonchev–Trinajstić information content (AvgIpc) is 3.05. The van der Waals surface area contributed by atoms with Crippen molar-refractivity contribution in [3.63, 3.8) is 0 Å². The summed E-state index contributed by atoms with van der Waals surface area (Å²) >= 11 is 0. The number of ether oxygens (including phenoxy) is 1. The molecule has 0 aromatic rings. The lowest BCUT2D eigenvalue weighted by atomic mass is 9.43. The van der Waals surface area contributed by atoms with E-state index in [1.807, 2.05) is 0 Å². The van der Waals surface area contributed by atoms with Crippen molar-refractivity contribution in [1.29, 1.82) is 0 Å². The normalized spacial score (nSPS) is 46.8. The lowest BCUT2D eigenvalue weighted by Gasteiger charge is -2.62. The van der Waals surface area contributed by atoms with E-state index in [2.05, 4.69) is 34.6 Å². The summed E-state index contributed by atoms with van der Waals surface area (Å²) < 4.78 is 5.61. The maximum atomic E-state index is 11.5. The van der Waals surface area contributed by atoms with Crippen LogP contribution in [0.2, 0.25) is 0 Å². The van der Waals surface area contributed by atoms with Crippen molar-refractivity contribution >= 4 is 5.97 Å². The third kappa shape index (κ3) is 4.29. The monoisotopic (exact) mass is 446 g/mol. The van der Waals surface area contributed by atoms with Crippen LogP contribution in [0.4, 0.5) is 0 Å². The van der Waals surface area contributed by atoms with Gasteiger partial charge >= 0.3 is 5.97 Å². The molecule has 4 aliphatic carbocycles. The lowest BCUT2D eigenvalue weighted by Crippen LogP contribution is -2.58. The zero-order valence-corrected chi connectivity index (χ0v) is 21.7. The summed E-state index contributed by atoms with van der Waals surface area (Å²) in [5, 5.41) is 11.5. The van der Waals surface area contributed by atoms with Gasteiger partial charge in [0.2, 0.25) is 0 Å². The maximum absolute atomic E-state index is 11.5. The van der Waals surface area contributed by atoms with Crippen LogP contribution < -0.4 is 0 Å². The molecule has 3 heteroatoms. The second kappa shape index (κ2) is 9.23. The number of aliphatic hydroxyl groups is 1. The maximum Gasteiger partial charge on any atom is 0.302 e. The van der Waals surface area contributed by atoms with Crippen LogP contribution in [0.25, 0.3) is 0 Å². The Balaban J connectivity index is 1.48. The zero-order valence-electron chi connectivity index (χ0n) is 21.7. The third-order valence-corrected chi connectivity index (χ3v) is 11.2. The standard InChI is InChI=1S/C29H50O3/c1-18(2)8-7-9-19(3)23-10-11-24-27-25(13-15-29(23,24)6)28(5)14-12-22(32-20(4)30)16-21(28)17-26(27)31/h18-19,21-27,31H,7-17H2,1-6H3/t19-,21-,22?,23?,24?,25?,26-,27?,28?,29?/m1/s1. The summed E-state index contributed by atoms with van der Waals surface area (Å²) in [5.41, 5.74) is 0.723. The van der Waals surface area contributed by atoms with Gasteiger partial charge in [-0.05, 0) is 104 Å². The second-order valence-corrected chi connectivity index (χ2v) is 13.3. The first-order chi connectivity index (χ1) is 15.1. The van der Waals surface area contributed by atoms with Crippen LogP contribution in [0, 0.1) is 52.3 Å². The summed E-state index contributed by atoms with van der Waals surface area (Å²) in [6.45, 7) is 13.9. The number of aliphatic hydroxyl groups excluding tert-OH is 1. The summed E-state index contributed by atoms with van der Waals surface area (Å²) in [6, 6.07) is 0. The highest BCUT2D eigenvalue weighted by Gasteiger charge is 2.63. The van der Waals surface area contributed by atoms with Crippen molar-refractivity contribution in [2.75, 3.05) is 0 Å². The molecule has 0 spiro atoms. The van der Waals surface area contributed by atoms with Gasteiger partial charge in [0.1, 0.15) is 6.10 Å². The molecule has 3 nitrogen and oxygen atoms in total. The van der Waals surface area contributed by atoms with Crippen LogP contribution in [0.3, 0.4) is 0 Å². The van der Waals surface area contributed by atoms with Crippen LogP contribution in [0.1, 0.15) is 112 Å². The Morgan fingerprint density at radius 3 is 2.34 bits per heavy atom. The van der Waals surface area contributed by atoms with Gasteiger partial charge < -0.3 is 9.84 Å². The fourth-order valence-corrected chi connectivity index (χ4v) is 9.55. The zero-order chi connectivity index (χ0) is 23.3. The lowest BCUT2D eigenvalue weighted by molar-refractivity contribution is -0.182. The van der Waals surface area contributed by atoms with Crippen molar-refractivity contribution in [2.45, 2.75) is 124 Å². The molecule has 10 atom stereocenters. The van der Waals surface area contributed by atoms with E-state index in [0.717, 1.165) is 43.4 Å². The van der Waals surface area contributed by atoms with Crippen LogP contribution >= 0.6 is 0 Å². The average molecular weight is 447 g/mol. The first-order valence-electron chi connectivity index (χ1n) is 13.9. The highest BCUT2D eigenvalue weighted by atomic mass is 16.5. The first kappa shape index (κ1) is 24.6. The number of esters is 1. The number of carbonyl (C=O) groups excluding carboxylic acids is 1. The molecule has 0 aromatic heterocycles. The Labute approximate surface area is 197 Å². The van der Waals surface area contributed by atoms with Crippen molar-refractivity contribution in [2.24, 2.45) is 52.3 Å². The molecular formula is C29H50O3. The molecule has 0 heterocycles. The molecule has 7 unspecified atom stereocenters. The minimum absolute atomic E-state index is 0.0609. The van der Waals surface area contributed by atoms with Gasteiger partial charge in [-0.3, -0.25) is 4.79 Å². The van der Waals surface area contributed by atoms with E-state index in [1.54, 1.807) is 0 Å². The third-order valence-electron chi connectivity index (χ3n) is 11.2. The molecular weight excluding hydrogens is 396 g/mol. The summed E-state index contributed by atoms with van der Waals surface area (Å²) in [5.74, 6) is 4.61. The molecule has 0 bridgehead atoms. The van der Waals surface area contributed by atoms with Crippen LogP contribution in [-0.4, -0.2) is 23.3 Å². The largest absolute Gasteiger partial charge is 0.463 e. The Bertz CT molecular complexity index is 673. The molecule has 32 heavy (non-hydrogen) atoms. The van der Waals surface area contributed by atoms with Gasteiger partial charge in [-0.1, -0.05) is 53.9 Å². The van der Waals surface area contributed by atoms with Crippen LogP contribution in [-0.2, 0) is 9.53 Å². The van der Waals surface area contributed by atoms with Gasteiger partial charge in [0.15, 0.2) is 0 Å². The smallest absolute Gasteiger partial charge is 0.302 e. The highest BCUT2D eigenvalue weighted by Crippen LogP contribution is 2.68. The first-order valence-corrected chi connectivity index (χ1v) is 13.9. The molecule has 4 fully saturated rings. The Kier molecular flexibility index (Phi) is 7.08. The molecule has 4 saturated carbocycles. The molecule has 0 saturated heterocycles. The van der Waals surface area contributed by atoms with E-state index in [0.29, 0.717) is 34.5 Å². The molecule has 0 radical (unpaired) electrons. The predicted molar refractivity (Wildman–Crippen MR) is 130 cm³/mol. The van der Waals surface area contributed by atoms with Gasteiger partial charge in [-0.2, -0.15) is 0 Å². The van der Waals surface area contributed by atoms with E-state index in [9.17, 15) is 9.90 Å². The van der Waals surface area contributed by atoms with Crippen LogP contribution in [0.5, 0.6) is 0 Å². The van der Waals surface area contributed by atoms with E-state index in [4.69, 9.17) is 4.74 Å². The Hall–Kier alpha value is -0.570. The molecule has 4 aliphatic rings. The van der Waals surface area contributed by atoms with Crippen molar-refractivity contribution in [3.05, 3.63) is 0 Å². The van der Waals surface area contributed by atoms with Crippen LogP contribution in [0.15, 0.2) is 0 Å². The number of rotatable bonds is 6. The van der Waals surface area contributed by atoms with Gasteiger partial charge in [-0.15, -0.1) is 0 Å². The van der Waals surface area contributed by atoms with E-state index < -0.39 is 0 Å². The molecule has 1 N–H and O–H groups in total. The van der Waals surface area contributed by atoms with E-state index >= 15 is 0 Å². The SMILES string of the molecule is CC(=O)OC1CCC2(C)C3CCC4(C)C(CCC4[C@H](C)CCCC(C)C)C3[C@H](O)C[C@H]2C1. The Morgan fingerprint density at radius 2 is 1.66 bits per heavy atom. The summed E-state index contributed by atoms with van der Waals surface area (Å²) in [7, 11) is 0. The fourth-order valence-electron chi connectivity index (χ4n) is 9.55. The number of hydrogen-bond acceptors (Lipinski definition) is 3. The second-order valence-electron chi connectivity index (χ2n) is 13.3. The Morgan fingerprint density at radius 1 is 0.969 bits per heavy atom. The summed E-state index contributed by atoms with van der Waals surface area (Å²) in [4.78, 5) is 11.5. The van der Waals surface area contributed by atoms with Gasteiger partial charge in [0, 0.05) is 6.92 Å². The quantitative estimate of drug-likeness (QED) is 0.446. The van der Waals surface area contributed by atoms with E-state index in [1.165, 1.54) is 51.9 Å². The molecule has 184 valence electrons. The molecule has 0 aromatic carbocycles. The van der Waals surface area contributed by atoms with Gasteiger partial charge in [0.05, 0.1) is 6.10 Å². The number of fused-ring (bicyclic) bond motifs is 5. The topological polar surface area (TPSA) is 46.5 Å². The highest BCUT2D eigenvalue weighted by molar-refractivity contribution is 5.66. The molecule has 0 amide bonds. The molecule has 0 aliphatic heterocycles. The number of hydrogen-bond donors (Lipinski definition) is 1. The predicted octanol–water partition coefficient (Wildman–Crippen LogP) is 7.01. The van der Waals surface area contributed by atoms with Crippen molar-refractivity contribution < 1.29 is 14.6 Å².